The van der Waals surface area contributed by atoms with Gasteiger partial charge in [0.1, 0.15) is 5.75 Å². The number of benzene rings is 1. The molecule has 1 aromatic carbocycles. The SMILES string of the molecule is CCCN(CC)CC(=O)c1ccc(O)cc1. The highest BCUT2D eigenvalue weighted by atomic mass is 16.3. The van der Waals surface area contributed by atoms with Crippen molar-refractivity contribution in [3.8, 4) is 5.75 Å². The molecule has 0 bridgehead atoms. The number of Topliss-reactive ketones (excluding diaryl/α,β-unsaturated/α-hetero) is 1. The zero-order valence-corrected chi connectivity index (χ0v) is 9.94. The van der Waals surface area contributed by atoms with E-state index in [0.29, 0.717) is 12.1 Å². The molecule has 0 aromatic heterocycles. The van der Waals surface area contributed by atoms with Gasteiger partial charge < -0.3 is 5.11 Å². The summed E-state index contributed by atoms with van der Waals surface area (Å²) in [5.74, 6) is 0.299. The summed E-state index contributed by atoms with van der Waals surface area (Å²) in [7, 11) is 0. The van der Waals surface area contributed by atoms with Gasteiger partial charge in [-0.3, -0.25) is 9.69 Å². The van der Waals surface area contributed by atoms with Crippen molar-refractivity contribution in [1.29, 1.82) is 0 Å². The van der Waals surface area contributed by atoms with E-state index < -0.39 is 0 Å². The first-order chi connectivity index (χ1) is 7.67. The molecule has 0 heterocycles. The monoisotopic (exact) mass is 221 g/mol. The Morgan fingerprint density at radius 1 is 1.25 bits per heavy atom. The van der Waals surface area contributed by atoms with Crippen molar-refractivity contribution in [3.63, 3.8) is 0 Å². The predicted octanol–water partition coefficient (Wildman–Crippen LogP) is 2.31. The first kappa shape index (κ1) is 12.7. The number of rotatable bonds is 6. The molecule has 3 nitrogen and oxygen atoms in total. The number of aromatic hydroxyl groups is 1. The predicted molar refractivity (Wildman–Crippen MR) is 64.8 cm³/mol. The Bertz CT molecular complexity index is 332. The van der Waals surface area contributed by atoms with Crippen LogP contribution in [-0.4, -0.2) is 35.4 Å². The highest BCUT2D eigenvalue weighted by molar-refractivity contribution is 5.97. The van der Waals surface area contributed by atoms with Crippen LogP contribution in [0.4, 0.5) is 0 Å². The van der Waals surface area contributed by atoms with Crippen molar-refractivity contribution in [2.24, 2.45) is 0 Å². The Balaban J connectivity index is 2.60. The van der Waals surface area contributed by atoms with E-state index in [2.05, 4.69) is 18.7 Å². The van der Waals surface area contributed by atoms with Gasteiger partial charge in [0.2, 0.25) is 0 Å². The van der Waals surface area contributed by atoms with E-state index in [-0.39, 0.29) is 11.5 Å². The third-order valence-corrected chi connectivity index (χ3v) is 2.54. The van der Waals surface area contributed by atoms with Crippen molar-refractivity contribution < 1.29 is 9.90 Å². The number of hydrogen-bond donors (Lipinski definition) is 1. The van der Waals surface area contributed by atoms with Crippen LogP contribution in [0.15, 0.2) is 24.3 Å². The van der Waals surface area contributed by atoms with Crippen LogP contribution in [0.1, 0.15) is 30.6 Å². The number of likely N-dealkylation sites (N-methyl/N-ethyl adjacent to an activating group) is 1. The molecule has 88 valence electrons. The average Bonchev–Trinajstić information content (AvgIpc) is 2.29. The largest absolute Gasteiger partial charge is 0.508 e. The van der Waals surface area contributed by atoms with Gasteiger partial charge >= 0.3 is 0 Å². The van der Waals surface area contributed by atoms with E-state index in [1.165, 1.54) is 0 Å². The summed E-state index contributed by atoms with van der Waals surface area (Å²) in [6.07, 6.45) is 1.05. The summed E-state index contributed by atoms with van der Waals surface area (Å²) in [6, 6.07) is 6.42. The average molecular weight is 221 g/mol. The quantitative estimate of drug-likeness (QED) is 0.749. The van der Waals surface area contributed by atoms with Gasteiger partial charge in [0, 0.05) is 5.56 Å². The van der Waals surface area contributed by atoms with Crippen molar-refractivity contribution in [3.05, 3.63) is 29.8 Å². The lowest BCUT2D eigenvalue weighted by atomic mass is 10.1. The summed E-state index contributed by atoms with van der Waals surface area (Å²) in [4.78, 5) is 14.0. The van der Waals surface area contributed by atoms with Gasteiger partial charge in [0.15, 0.2) is 5.78 Å². The fourth-order valence-corrected chi connectivity index (χ4v) is 1.61. The Hall–Kier alpha value is -1.35. The summed E-state index contributed by atoms with van der Waals surface area (Å²) in [6.45, 7) is 6.44. The summed E-state index contributed by atoms with van der Waals surface area (Å²) in [5.41, 5.74) is 0.660. The minimum absolute atomic E-state index is 0.107. The minimum Gasteiger partial charge on any atom is -0.508 e. The molecule has 0 saturated heterocycles. The third-order valence-electron chi connectivity index (χ3n) is 2.54. The minimum atomic E-state index is 0.107. The van der Waals surface area contributed by atoms with Crippen LogP contribution in [0.5, 0.6) is 5.75 Å². The summed E-state index contributed by atoms with van der Waals surface area (Å²) >= 11 is 0. The molecule has 0 saturated carbocycles. The molecule has 0 aliphatic carbocycles. The number of carbonyl (C=O) groups is 1. The smallest absolute Gasteiger partial charge is 0.176 e. The van der Waals surface area contributed by atoms with Crippen LogP contribution in [-0.2, 0) is 0 Å². The van der Waals surface area contributed by atoms with Gasteiger partial charge in [-0.2, -0.15) is 0 Å². The summed E-state index contributed by atoms with van der Waals surface area (Å²) < 4.78 is 0. The van der Waals surface area contributed by atoms with Crippen LogP contribution in [0.3, 0.4) is 0 Å². The standard InChI is InChI=1S/C13H19NO2/c1-3-9-14(4-2)10-13(16)11-5-7-12(15)8-6-11/h5-8,15H,3-4,9-10H2,1-2H3. The number of nitrogens with zero attached hydrogens (tertiary/aromatic N) is 1. The fraction of sp³-hybridized carbons (Fsp3) is 0.462. The second-order valence-electron chi connectivity index (χ2n) is 3.84. The molecule has 0 aliphatic rings. The van der Waals surface area contributed by atoms with E-state index in [1.54, 1.807) is 24.3 Å². The topological polar surface area (TPSA) is 40.5 Å². The highest BCUT2D eigenvalue weighted by Crippen LogP contribution is 2.10. The van der Waals surface area contributed by atoms with Gasteiger partial charge in [-0.05, 0) is 43.8 Å². The zero-order chi connectivity index (χ0) is 12.0. The maximum atomic E-state index is 11.9. The first-order valence-corrected chi connectivity index (χ1v) is 5.72. The molecule has 0 aliphatic heterocycles. The molecule has 0 unspecified atom stereocenters. The Kier molecular flexibility index (Phi) is 4.99. The molecule has 1 rings (SSSR count). The fourth-order valence-electron chi connectivity index (χ4n) is 1.61. The van der Waals surface area contributed by atoms with Crippen molar-refractivity contribution in [2.45, 2.75) is 20.3 Å². The number of phenols is 1. The van der Waals surface area contributed by atoms with E-state index in [0.717, 1.165) is 19.5 Å². The zero-order valence-electron chi connectivity index (χ0n) is 9.94. The van der Waals surface area contributed by atoms with Gasteiger partial charge in [0.25, 0.3) is 0 Å². The molecule has 0 spiro atoms. The first-order valence-electron chi connectivity index (χ1n) is 5.72. The van der Waals surface area contributed by atoms with E-state index in [1.807, 2.05) is 0 Å². The molecule has 0 fully saturated rings. The lowest BCUT2D eigenvalue weighted by Gasteiger charge is -2.18. The molecule has 1 aromatic rings. The molecular weight excluding hydrogens is 202 g/mol. The van der Waals surface area contributed by atoms with Gasteiger partial charge in [-0.15, -0.1) is 0 Å². The molecule has 0 amide bonds. The van der Waals surface area contributed by atoms with Gasteiger partial charge in [-0.1, -0.05) is 13.8 Å². The molecule has 1 N–H and O–H groups in total. The number of carbonyl (C=O) groups excluding carboxylic acids is 1. The van der Waals surface area contributed by atoms with Gasteiger partial charge in [-0.25, -0.2) is 0 Å². The second kappa shape index (κ2) is 6.28. The maximum absolute atomic E-state index is 11.9. The Morgan fingerprint density at radius 2 is 1.88 bits per heavy atom. The van der Waals surface area contributed by atoms with Crippen LogP contribution in [0.25, 0.3) is 0 Å². The van der Waals surface area contributed by atoms with Crippen molar-refractivity contribution in [1.82, 2.24) is 4.90 Å². The second-order valence-corrected chi connectivity index (χ2v) is 3.84. The van der Waals surface area contributed by atoms with Crippen molar-refractivity contribution >= 4 is 5.78 Å². The lowest BCUT2D eigenvalue weighted by molar-refractivity contribution is 0.0934. The molecular formula is C13H19NO2. The number of phenolic OH excluding ortho intramolecular Hbond substituents is 1. The normalized spacial score (nSPS) is 10.7. The van der Waals surface area contributed by atoms with Crippen LogP contribution < -0.4 is 0 Å². The lowest BCUT2D eigenvalue weighted by Crippen LogP contribution is -2.30. The highest BCUT2D eigenvalue weighted by Gasteiger charge is 2.10. The van der Waals surface area contributed by atoms with Crippen LogP contribution in [0.2, 0.25) is 0 Å². The van der Waals surface area contributed by atoms with E-state index in [9.17, 15) is 4.79 Å². The number of ketones is 1. The van der Waals surface area contributed by atoms with Crippen LogP contribution in [0, 0.1) is 0 Å². The number of hydrogen-bond acceptors (Lipinski definition) is 3. The Morgan fingerprint density at radius 3 is 2.38 bits per heavy atom. The maximum Gasteiger partial charge on any atom is 0.176 e. The molecule has 0 atom stereocenters. The van der Waals surface area contributed by atoms with E-state index in [4.69, 9.17) is 5.11 Å². The van der Waals surface area contributed by atoms with Gasteiger partial charge in [0.05, 0.1) is 6.54 Å². The summed E-state index contributed by atoms with van der Waals surface area (Å²) in [5, 5.41) is 9.13. The van der Waals surface area contributed by atoms with Crippen molar-refractivity contribution in [2.75, 3.05) is 19.6 Å². The Labute approximate surface area is 96.7 Å². The third kappa shape index (κ3) is 3.66. The van der Waals surface area contributed by atoms with Crippen LogP contribution >= 0.6 is 0 Å². The molecule has 0 radical (unpaired) electrons. The van der Waals surface area contributed by atoms with E-state index >= 15 is 0 Å². The molecule has 16 heavy (non-hydrogen) atoms. The molecule has 3 heteroatoms.